The Morgan fingerprint density at radius 1 is 1.15 bits per heavy atom. The summed E-state index contributed by atoms with van der Waals surface area (Å²) in [5, 5.41) is 3.92. The molecule has 0 spiro atoms. The van der Waals surface area contributed by atoms with Gasteiger partial charge in [0.05, 0.1) is 31.8 Å². The molecule has 0 atom stereocenters. The Kier molecular flexibility index (Phi) is 5.53. The van der Waals surface area contributed by atoms with Gasteiger partial charge in [0.2, 0.25) is 5.91 Å². The summed E-state index contributed by atoms with van der Waals surface area (Å²) < 4.78 is 24.4. The lowest BCUT2D eigenvalue weighted by molar-refractivity contribution is -0.115. The van der Waals surface area contributed by atoms with E-state index in [9.17, 15) is 13.2 Å². The minimum Gasteiger partial charge on any atom is -0.302 e. The van der Waals surface area contributed by atoms with Gasteiger partial charge in [-0.3, -0.25) is 4.79 Å². The number of fused-ring (bicyclic) bond motifs is 1. The number of benzene rings is 2. The molecule has 9 heteroatoms. The maximum Gasteiger partial charge on any atom is 0.230 e. The van der Waals surface area contributed by atoms with Gasteiger partial charge in [-0.25, -0.2) is 13.4 Å². The quantitative estimate of drug-likeness (QED) is 0.644. The normalized spacial score (nSPS) is 11.7. The Morgan fingerprint density at radius 3 is 2.50 bits per heavy atom. The largest absolute Gasteiger partial charge is 0.302 e. The summed E-state index contributed by atoms with van der Waals surface area (Å²) in [6.45, 7) is 1.59. The van der Waals surface area contributed by atoms with Crippen LogP contribution >= 0.6 is 34.5 Å². The first kappa shape index (κ1) is 19.1. The van der Waals surface area contributed by atoms with Crippen LogP contribution < -0.4 is 5.32 Å². The molecule has 3 rings (SSSR count). The van der Waals surface area contributed by atoms with Gasteiger partial charge in [-0.15, -0.1) is 0 Å². The molecule has 0 aliphatic rings. The van der Waals surface area contributed by atoms with E-state index in [0.717, 1.165) is 4.70 Å². The van der Waals surface area contributed by atoms with Gasteiger partial charge in [0.25, 0.3) is 0 Å². The number of nitrogens with one attached hydrogen (secondary N) is 1. The number of anilines is 1. The zero-order valence-corrected chi connectivity index (χ0v) is 16.8. The molecule has 1 N–H and O–H groups in total. The Labute approximate surface area is 164 Å². The van der Waals surface area contributed by atoms with Crippen molar-refractivity contribution >= 4 is 65.6 Å². The van der Waals surface area contributed by atoms with E-state index in [0.29, 0.717) is 26.3 Å². The smallest absolute Gasteiger partial charge is 0.230 e. The molecular weight excluding hydrogens is 415 g/mol. The molecule has 0 saturated heterocycles. The van der Waals surface area contributed by atoms with Crippen LogP contribution in [0.4, 0.5) is 5.13 Å². The Bertz CT molecular complexity index is 1080. The molecule has 1 aromatic heterocycles. The fraction of sp³-hybridized carbons (Fsp3) is 0.176. The van der Waals surface area contributed by atoms with Crippen molar-refractivity contribution in [2.45, 2.75) is 18.2 Å². The molecule has 3 aromatic rings. The molecule has 26 heavy (non-hydrogen) atoms. The fourth-order valence-corrected chi connectivity index (χ4v) is 4.51. The first-order chi connectivity index (χ1) is 12.3. The predicted molar refractivity (Wildman–Crippen MR) is 106 cm³/mol. The van der Waals surface area contributed by atoms with Gasteiger partial charge in [-0.1, -0.05) is 53.6 Å². The molecule has 2 aromatic carbocycles. The van der Waals surface area contributed by atoms with E-state index in [-0.39, 0.29) is 23.0 Å². The fourth-order valence-electron chi connectivity index (χ4n) is 2.32. The molecule has 0 aliphatic heterocycles. The second-order valence-electron chi connectivity index (χ2n) is 5.50. The molecule has 0 aliphatic carbocycles. The number of sulfone groups is 1. The van der Waals surface area contributed by atoms with Crippen molar-refractivity contribution in [3.8, 4) is 0 Å². The number of hydrogen-bond donors (Lipinski definition) is 1. The highest BCUT2D eigenvalue weighted by Crippen LogP contribution is 2.35. The number of nitrogens with zero attached hydrogens (tertiary/aromatic N) is 1. The first-order valence-corrected chi connectivity index (χ1v) is 10.9. The van der Waals surface area contributed by atoms with Gasteiger partial charge in [-0.2, -0.15) is 0 Å². The van der Waals surface area contributed by atoms with E-state index in [1.807, 2.05) is 0 Å². The van der Waals surface area contributed by atoms with Crippen LogP contribution in [-0.2, 0) is 21.1 Å². The molecular formula is C17H14Cl2N2O3S2. The summed E-state index contributed by atoms with van der Waals surface area (Å²) in [7, 11) is -3.25. The summed E-state index contributed by atoms with van der Waals surface area (Å²) in [5.41, 5.74) is 1.26. The minimum atomic E-state index is -3.25. The molecule has 0 saturated carbocycles. The predicted octanol–water partition coefficient (Wildman–Crippen LogP) is 4.58. The van der Waals surface area contributed by atoms with Crippen LogP contribution in [0, 0.1) is 0 Å². The van der Waals surface area contributed by atoms with Crippen molar-refractivity contribution in [3.05, 3.63) is 52.0 Å². The van der Waals surface area contributed by atoms with Crippen molar-refractivity contribution in [2.24, 2.45) is 0 Å². The SMILES string of the molecule is CCS(=O)(=O)c1ccc(CC(=O)Nc2nc3c(Cl)c(Cl)ccc3s2)cc1. The topological polar surface area (TPSA) is 76.1 Å². The molecule has 0 fully saturated rings. The summed E-state index contributed by atoms with van der Waals surface area (Å²) in [6, 6.07) is 9.78. The van der Waals surface area contributed by atoms with E-state index in [4.69, 9.17) is 23.2 Å². The van der Waals surface area contributed by atoms with E-state index in [1.54, 1.807) is 31.2 Å². The van der Waals surface area contributed by atoms with Gasteiger partial charge in [0, 0.05) is 0 Å². The third kappa shape index (κ3) is 4.01. The monoisotopic (exact) mass is 428 g/mol. The van der Waals surface area contributed by atoms with E-state index in [2.05, 4.69) is 10.3 Å². The number of hydrogen-bond acceptors (Lipinski definition) is 5. The number of carbonyl (C=O) groups is 1. The second-order valence-corrected chi connectivity index (χ2v) is 9.59. The zero-order chi connectivity index (χ0) is 18.9. The maximum atomic E-state index is 12.2. The first-order valence-electron chi connectivity index (χ1n) is 7.66. The van der Waals surface area contributed by atoms with E-state index < -0.39 is 9.84 Å². The Morgan fingerprint density at radius 2 is 1.85 bits per heavy atom. The molecule has 5 nitrogen and oxygen atoms in total. The van der Waals surface area contributed by atoms with Gasteiger partial charge in [-0.05, 0) is 29.8 Å². The Hall–Kier alpha value is -1.67. The maximum absolute atomic E-state index is 12.2. The summed E-state index contributed by atoms with van der Waals surface area (Å²) in [4.78, 5) is 16.8. The van der Waals surface area contributed by atoms with Crippen LogP contribution in [0.3, 0.4) is 0 Å². The number of thiazole rings is 1. The van der Waals surface area contributed by atoms with Crippen molar-refractivity contribution in [2.75, 3.05) is 11.1 Å². The third-order valence-electron chi connectivity index (χ3n) is 3.73. The highest BCUT2D eigenvalue weighted by atomic mass is 35.5. The number of rotatable bonds is 5. The van der Waals surface area contributed by atoms with Crippen LogP contribution in [0.1, 0.15) is 12.5 Å². The molecule has 1 heterocycles. The van der Waals surface area contributed by atoms with Crippen molar-refractivity contribution in [1.82, 2.24) is 4.98 Å². The number of amides is 1. The van der Waals surface area contributed by atoms with Crippen LogP contribution in [-0.4, -0.2) is 25.1 Å². The number of halogens is 2. The van der Waals surface area contributed by atoms with E-state index in [1.165, 1.54) is 23.5 Å². The van der Waals surface area contributed by atoms with Crippen LogP contribution in [0.2, 0.25) is 10.0 Å². The van der Waals surface area contributed by atoms with Crippen molar-refractivity contribution < 1.29 is 13.2 Å². The van der Waals surface area contributed by atoms with Crippen LogP contribution in [0.15, 0.2) is 41.3 Å². The van der Waals surface area contributed by atoms with Gasteiger partial charge in [0.15, 0.2) is 15.0 Å². The summed E-state index contributed by atoms with van der Waals surface area (Å²) in [5.74, 6) is -0.214. The lowest BCUT2D eigenvalue weighted by Gasteiger charge is -2.04. The van der Waals surface area contributed by atoms with Gasteiger partial charge < -0.3 is 5.32 Å². The molecule has 1 amide bonds. The highest BCUT2D eigenvalue weighted by molar-refractivity contribution is 7.91. The van der Waals surface area contributed by atoms with E-state index >= 15 is 0 Å². The second kappa shape index (κ2) is 7.52. The number of carbonyl (C=O) groups excluding carboxylic acids is 1. The summed E-state index contributed by atoms with van der Waals surface area (Å²) >= 11 is 13.4. The molecule has 0 bridgehead atoms. The highest BCUT2D eigenvalue weighted by Gasteiger charge is 2.14. The number of aromatic nitrogens is 1. The van der Waals surface area contributed by atoms with Crippen molar-refractivity contribution in [1.29, 1.82) is 0 Å². The van der Waals surface area contributed by atoms with Crippen LogP contribution in [0.5, 0.6) is 0 Å². The summed E-state index contributed by atoms with van der Waals surface area (Å²) in [6.07, 6.45) is 0.108. The van der Waals surface area contributed by atoms with Crippen LogP contribution in [0.25, 0.3) is 10.2 Å². The lowest BCUT2D eigenvalue weighted by atomic mass is 10.1. The average Bonchev–Trinajstić information content (AvgIpc) is 3.02. The molecule has 0 unspecified atom stereocenters. The van der Waals surface area contributed by atoms with Gasteiger partial charge >= 0.3 is 0 Å². The standard InChI is InChI=1S/C17H14Cl2N2O3S2/c1-2-26(23,24)11-5-3-10(4-6-11)9-14(22)20-17-21-16-13(25-17)8-7-12(18)15(16)19/h3-8H,2,9H2,1H3,(H,20,21,22). The van der Waals surface area contributed by atoms with Crippen molar-refractivity contribution in [3.63, 3.8) is 0 Å². The lowest BCUT2D eigenvalue weighted by Crippen LogP contribution is -2.14. The minimum absolute atomic E-state index is 0.0387. The Balaban J connectivity index is 1.72. The third-order valence-corrected chi connectivity index (χ3v) is 7.21. The van der Waals surface area contributed by atoms with Gasteiger partial charge in [0.1, 0.15) is 5.52 Å². The zero-order valence-electron chi connectivity index (χ0n) is 13.6. The average molecular weight is 429 g/mol. The molecule has 0 radical (unpaired) electrons. The molecule has 136 valence electrons.